The number of likely N-dealkylation sites (tertiary alicyclic amines) is 1. The summed E-state index contributed by atoms with van der Waals surface area (Å²) in [7, 11) is 0. The zero-order valence-corrected chi connectivity index (χ0v) is 12.3. The Bertz CT molecular complexity index is 394. The van der Waals surface area contributed by atoms with Crippen LogP contribution in [-0.2, 0) is 0 Å². The summed E-state index contributed by atoms with van der Waals surface area (Å²) in [6.45, 7) is 5.47. The summed E-state index contributed by atoms with van der Waals surface area (Å²) in [6.07, 6.45) is 3.35. The molecule has 1 aromatic rings. The third-order valence-corrected chi connectivity index (χ3v) is 3.97. The highest BCUT2D eigenvalue weighted by Crippen LogP contribution is 2.19. The van der Waals surface area contributed by atoms with Gasteiger partial charge in [0.05, 0.1) is 0 Å². The molecule has 0 radical (unpaired) electrons. The molecular formula is C16H26N2O2. The number of anilines is 1. The number of rotatable bonds is 6. The molecule has 1 heterocycles. The normalized spacial score (nSPS) is 21.6. The Hall–Kier alpha value is -1.26. The van der Waals surface area contributed by atoms with Crippen molar-refractivity contribution in [2.45, 2.75) is 32.3 Å². The lowest BCUT2D eigenvalue weighted by molar-refractivity contribution is 0.0515. The van der Waals surface area contributed by atoms with Crippen molar-refractivity contribution < 1.29 is 9.84 Å². The maximum Gasteiger partial charge on any atom is 0.119 e. The minimum atomic E-state index is -0.442. The average molecular weight is 278 g/mol. The lowest BCUT2D eigenvalue weighted by Gasteiger charge is -2.33. The molecule has 0 aliphatic carbocycles. The van der Waals surface area contributed by atoms with Gasteiger partial charge in [-0.05, 0) is 49.6 Å². The Morgan fingerprint density at radius 3 is 2.85 bits per heavy atom. The van der Waals surface area contributed by atoms with Crippen LogP contribution in [0.25, 0.3) is 0 Å². The van der Waals surface area contributed by atoms with Gasteiger partial charge in [0.15, 0.2) is 0 Å². The Balaban J connectivity index is 1.72. The number of benzene rings is 1. The van der Waals surface area contributed by atoms with Crippen LogP contribution in [0.2, 0.25) is 0 Å². The summed E-state index contributed by atoms with van der Waals surface area (Å²) in [5.74, 6) is 1.54. The fraction of sp³-hybridized carbons (Fsp3) is 0.625. The molecule has 0 aromatic heterocycles. The topological polar surface area (TPSA) is 58.7 Å². The van der Waals surface area contributed by atoms with Crippen LogP contribution in [0.4, 0.5) is 5.69 Å². The van der Waals surface area contributed by atoms with E-state index in [9.17, 15) is 5.11 Å². The average Bonchev–Trinajstić information content (AvgIpc) is 2.47. The van der Waals surface area contributed by atoms with Crippen LogP contribution in [0.15, 0.2) is 24.3 Å². The van der Waals surface area contributed by atoms with Crippen molar-refractivity contribution in [3.8, 4) is 5.75 Å². The van der Waals surface area contributed by atoms with Crippen molar-refractivity contribution >= 4 is 5.69 Å². The van der Waals surface area contributed by atoms with E-state index >= 15 is 0 Å². The first-order valence-electron chi connectivity index (χ1n) is 7.56. The molecule has 3 N–H and O–H groups in total. The molecule has 4 nitrogen and oxygen atoms in total. The highest BCUT2D eigenvalue weighted by molar-refractivity contribution is 5.41. The molecule has 0 saturated carbocycles. The molecule has 1 aliphatic heterocycles. The summed E-state index contributed by atoms with van der Waals surface area (Å²) < 4.78 is 5.59. The van der Waals surface area contributed by atoms with E-state index in [1.54, 1.807) is 12.1 Å². The third kappa shape index (κ3) is 4.69. The first-order valence-corrected chi connectivity index (χ1v) is 7.56. The molecule has 1 saturated heterocycles. The maximum atomic E-state index is 10.1. The van der Waals surface area contributed by atoms with E-state index in [0.29, 0.717) is 13.2 Å². The monoisotopic (exact) mass is 278 g/mol. The standard InChI is InChI=1S/C16H26N2O2/c1-2-13-4-3-9-18(10-13)11-15(19)12-20-16-7-5-14(17)6-8-16/h5-8,13,15,19H,2-4,9-12,17H2,1H3. The number of nitrogens with two attached hydrogens (primary N) is 1. The van der Waals surface area contributed by atoms with Crippen LogP contribution < -0.4 is 10.5 Å². The van der Waals surface area contributed by atoms with E-state index in [-0.39, 0.29) is 0 Å². The van der Waals surface area contributed by atoms with Crippen LogP contribution in [0, 0.1) is 5.92 Å². The molecule has 112 valence electrons. The van der Waals surface area contributed by atoms with E-state index < -0.39 is 6.10 Å². The van der Waals surface area contributed by atoms with Crippen LogP contribution in [-0.4, -0.2) is 42.4 Å². The first kappa shape index (κ1) is 15.1. The fourth-order valence-corrected chi connectivity index (χ4v) is 2.76. The minimum absolute atomic E-state index is 0.331. The van der Waals surface area contributed by atoms with Crippen molar-refractivity contribution in [3.05, 3.63) is 24.3 Å². The van der Waals surface area contributed by atoms with Crippen molar-refractivity contribution in [3.63, 3.8) is 0 Å². The predicted molar refractivity (Wildman–Crippen MR) is 81.8 cm³/mol. The lowest BCUT2D eigenvalue weighted by atomic mass is 9.95. The van der Waals surface area contributed by atoms with Gasteiger partial charge in [-0.2, -0.15) is 0 Å². The van der Waals surface area contributed by atoms with E-state index in [0.717, 1.165) is 30.4 Å². The van der Waals surface area contributed by atoms with E-state index in [2.05, 4.69) is 11.8 Å². The van der Waals surface area contributed by atoms with E-state index in [4.69, 9.17) is 10.5 Å². The third-order valence-electron chi connectivity index (χ3n) is 3.97. The fourth-order valence-electron chi connectivity index (χ4n) is 2.76. The molecule has 2 unspecified atom stereocenters. The molecule has 1 aliphatic rings. The first-order chi connectivity index (χ1) is 9.67. The van der Waals surface area contributed by atoms with Crippen LogP contribution in [0.5, 0.6) is 5.75 Å². The molecule has 1 aromatic carbocycles. The molecule has 1 fully saturated rings. The van der Waals surface area contributed by atoms with Crippen LogP contribution in [0.1, 0.15) is 26.2 Å². The van der Waals surface area contributed by atoms with Gasteiger partial charge in [-0.15, -0.1) is 0 Å². The second-order valence-corrected chi connectivity index (χ2v) is 5.71. The summed E-state index contributed by atoms with van der Waals surface area (Å²) in [4.78, 5) is 2.36. The molecule has 2 rings (SSSR count). The molecule has 0 amide bonds. The van der Waals surface area contributed by atoms with Gasteiger partial charge in [0, 0.05) is 18.8 Å². The van der Waals surface area contributed by atoms with Gasteiger partial charge in [-0.25, -0.2) is 0 Å². The minimum Gasteiger partial charge on any atom is -0.491 e. The summed E-state index contributed by atoms with van der Waals surface area (Å²) in [5.41, 5.74) is 6.34. The molecule has 0 spiro atoms. The Kier molecular flexibility index (Phi) is 5.68. The zero-order valence-electron chi connectivity index (χ0n) is 12.3. The van der Waals surface area contributed by atoms with Gasteiger partial charge < -0.3 is 20.5 Å². The maximum absolute atomic E-state index is 10.1. The van der Waals surface area contributed by atoms with Gasteiger partial charge in [-0.1, -0.05) is 13.3 Å². The number of hydrogen-bond acceptors (Lipinski definition) is 4. The molecular weight excluding hydrogens is 252 g/mol. The number of nitrogens with zero attached hydrogens (tertiary/aromatic N) is 1. The molecule has 20 heavy (non-hydrogen) atoms. The summed E-state index contributed by atoms with van der Waals surface area (Å²) in [6, 6.07) is 7.27. The Morgan fingerprint density at radius 2 is 2.15 bits per heavy atom. The van der Waals surface area contributed by atoms with Crippen molar-refractivity contribution in [2.75, 3.05) is 32.0 Å². The van der Waals surface area contributed by atoms with Gasteiger partial charge in [0.1, 0.15) is 18.5 Å². The SMILES string of the molecule is CCC1CCCN(CC(O)COc2ccc(N)cc2)C1. The number of piperidine rings is 1. The second kappa shape index (κ2) is 7.50. The Morgan fingerprint density at radius 1 is 1.40 bits per heavy atom. The van der Waals surface area contributed by atoms with Crippen molar-refractivity contribution in [2.24, 2.45) is 5.92 Å². The van der Waals surface area contributed by atoms with Crippen molar-refractivity contribution in [1.29, 1.82) is 0 Å². The largest absolute Gasteiger partial charge is 0.491 e. The van der Waals surface area contributed by atoms with Crippen molar-refractivity contribution in [1.82, 2.24) is 4.90 Å². The second-order valence-electron chi connectivity index (χ2n) is 5.71. The van der Waals surface area contributed by atoms with Gasteiger partial charge in [0.2, 0.25) is 0 Å². The number of β-amino-alcohol motifs (C(OH)–C–C–N with tert-alkyl or cyclic N) is 1. The molecule has 2 atom stereocenters. The summed E-state index contributed by atoms with van der Waals surface area (Å²) >= 11 is 0. The number of nitrogen functional groups attached to an aromatic ring is 1. The van der Waals surface area contributed by atoms with Crippen LogP contribution >= 0.6 is 0 Å². The lowest BCUT2D eigenvalue weighted by Crippen LogP contribution is -2.41. The number of ether oxygens (including phenoxy) is 1. The quantitative estimate of drug-likeness (QED) is 0.783. The van der Waals surface area contributed by atoms with Gasteiger partial charge in [-0.3, -0.25) is 0 Å². The van der Waals surface area contributed by atoms with Gasteiger partial charge in [0.25, 0.3) is 0 Å². The smallest absolute Gasteiger partial charge is 0.119 e. The predicted octanol–water partition coefficient (Wildman–Crippen LogP) is 2.13. The van der Waals surface area contributed by atoms with E-state index in [1.165, 1.54) is 19.3 Å². The number of aliphatic hydroxyl groups is 1. The highest BCUT2D eigenvalue weighted by Gasteiger charge is 2.20. The molecule has 4 heteroatoms. The number of hydrogen-bond donors (Lipinski definition) is 2. The van der Waals surface area contributed by atoms with Gasteiger partial charge >= 0.3 is 0 Å². The number of aliphatic hydroxyl groups excluding tert-OH is 1. The summed E-state index contributed by atoms with van der Waals surface area (Å²) in [5, 5.41) is 10.1. The zero-order chi connectivity index (χ0) is 14.4. The van der Waals surface area contributed by atoms with Crippen LogP contribution in [0.3, 0.4) is 0 Å². The Labute approximate surface area is 121 Å². The highest BCUT2D eigenvalue weighted by atomic mass is 16.5. The molecule has 0 bridgehead atoms. The van der Waals surface area contributed by atoms with E-state index in [1.807, 2.05) is 12.1 Å².